The van der Waals surface area contributed by atoms with E-state index in [1.54, 1.807) is 6.26 Å². The number of rotatable bonds is 1. The Hall–Kier alpha value is -0.230. The average molecular weight is 289 g/mol. The van der Waals surface area contributed by atoms with E-state index < -0.39 is 17.6 Å². The van der Waals surface area contributed by atoms with Crippen molar-refractivity contribution in [3.63, 3.8) is 0 Å². The molecule has 0 amide bonds. The van der Waals surface area contributed by atoms with Gasteiger partial charge in [0.25, 0.3) is 0 Å². The highest BCUT2D eigenvalue weighted by molar-refractivity contribution is 9.10. The van der Waals surface area contributed by atoms with Crippen LogP contribution < -0.4 is 0 Å². The first-order valence-corrected chi connectivity index (χ1v) is 5.48. The Morgan fingerprint density at radius 3 is 2.29 bits per heavy atom. The van der Waals surface area contributed by atoms with Crippen LogP contribution in [0.15, 0.2) is 21.5 Å². The van der Waals surface area contributed by atoms with Crippen molar-refractivity contribution >= 4 is 27.7 Å². The van der Waals surface area contributed by atoms with Crippen LogP contribution in [0.1, 0.15) is 5.56 Å². The molecule has 0 aliphatic carbocycles. The summed E-state index contributed by atoms with van der Waals surface area (Å²) >= 11 is 3.87. The fraction of sp³-hybridized carbons (Fsp3) is 0.250. The molecule has 6 heteroatoms. The van der Waals surface area contributed by atoms with Crippen LogP contribution in [-0.2, 0) is 6.18 Å². The van der Waals surface area contributed by atoms with Crippen molar-refractivity contribution in [3.05, 3.63) is 28.0 Å². The molecule has 0 fully saturated rings. The Balaban J connectivity index is 3.35. The summed E-state index contributed by atoms with van der Waals surface area (Å²) in [5, 5.41) is 0. The Morgan fingerprint density at radius 1 is 1.29 bits per heavy atom. The molecule has 0 saturated heterocycles. The van der Waals surface area contributed by atoms with Crippen LogP contribution in [0.3, 0.4) is 0 Å². The van der Waals surface area contributed by atoms with Crippen molar-refractivity contribution in [1.82, 2.24) is 0 Å². The van der Waals surface area contributed by atoms with Crippen molar-refractivity contribution in [2.24, 2.45) is 0 Å². The minimum absolute atomic E-state index is 0.170. The number of alkyl halides is 3. The van der Waals surface area contributed by atoms with Gasteiger partial charge in [-0.25, -0.2) is 4.39 Å². The van der Waals surface area contributed by atoms with Crippen LogP contribution in [-0.4, -0.2) is 6.26 Å². The molecule has 0 aliphatic heterocycles. The van der Waals surface area contributed by atoms with Gasteiger partial charge < -0.3 is 0 Å². The third-order valence-electron chi connectivity index (χ3n) is 1.54. The lowest BCUT2D eigenvalue weighted by Crippen LogP contribution is -2.08. The van der Waals surface area contributed by atoms with Gasteiger partial charge in [0.1, 0.15) is 5.82 Å². The van der Waals surface area contributed by atoms with Crippen molar-refractivity contribution < 1.29 is 17.6 Å². The maximum absolute atomic E-state index is 13.0. The Bertz CT molecular complexity index is 348. The first-order valence-electron chi connectivity index (χ1n) is 3.46. The van der Waals surface area contributed by atoms with Crippen LogP contribution in [0.25, 0.3) is 0 Å². The van der Waals surface area contributed by atoms with E-state index in [-0.39, 0.29) is 4.47 Å². The van der Waals surface area contributed by atoms with Crippen molar-refractivity contribution in [2.75, 3.05) is 6.26 Å². The molecule has 78 valence electrons. The number of hydrogen-bond acceptors (Lipinski definition) is 1. The molecule has 1 aromatic carbocycles. The number of hydrogen-bond donors (Lipinski definition) is 0. The van der Waals surface area contributed by atoms with E-state index in [9.17, 15) is 17.6 Å². The molecule has 1 rings (SSSR count). The lowest BCUT2D eigenvalue weighted by molar-refractivity contribution is -0.140. The summed E-state index contributed by atoms with van der Waals surface area (Å²) < 4.78 is 49.7. The zero-order chi connectivity index (χ0) is 10.9. The lowest BCUT2D eigenvalue weighted by Gasteiger charge is -2.10. The predicted octanol–water partition coefficient (Wildman–Crippen LogP) is 4.33. The second kappa shape index (κ2) is 4.10. The zero-order valence-electron chi connectivity index (χ0n) is 6.95. The van der Waals surface area contributed by atoms with Crippen LogP contribution in [0.2, 0.25) is 0 Å². The van der Waals surface area contributed by atoms with Gasteiger partial charge in [-0.05, 0) is 34.3 Å². The molecule has 1 aromatic rings. The number of benzene rings is 1. The van der Waals surface area contributed by atoms with Gasteiger partial charge in [0, 0.05) is 4.90 Å². The topological polar surface area (TPSA) is 0 Å². The molecular weight excluding hydrogens is 284 g/mol. The van der Waals surface area contributed by atoms with Gasteiger partial charge in [-0.2, -0.15) is 13.2 Å². The lowest BCUT2D eigenvalue weighted by atomic mass is 10.2. The van der Waals surface area contributed by atoms with E-state index in [1.807, 2.05) is 0 Å². The predicted molar refractivity (Wildman–Crippen MR) is 50.9 cm³/mol. The molecule has 0 aliphatic rings. The highest BCUT2D eigenvalue weighted by Gasteiger charge is 2.35. The van der Waals surface area contributed by atoms with E-state index in [2.05, 4.69) is 15.9 Å². The molecule has 0 heterocycles. The summed E-state index contributed by atoms with van der Waals surface area (Å²) in [6.45, 7) is 0. The zero-order valence-corrected chi connectivity index (χ0v) is 9.36. The summed E-state index contributed by atoms with van der Waals surface area (Å²) in [4.78, 5) is 0.366. The van der Waals surface area contributed by atoms with Gasteiger partial charge in [0.2, 0.25) is 0 Å². The molecule has 0 aromatic heterocycles. The molecule has 0 saturated carbocycles. The van der Waals surface area contributed by atoms with Gasteiger partial charge >= 0.3 is 6.18 Å². The van der Waals surface area contributed by atoms with Crippen molar-refractivity contribution in [3.8, 4) is 0 Å². The van der Waals surface area contributed by atoms with E-state index in [4.69, 9.17) is 0 Å². The Morgan fingerprint density at radius 2 is 1.86 bits per heavy atom. The second-order valence-corrected chi connectivity index (χ2v) is 4.20. The van der Waals surface area contributed by atoms with Crippen LogP contribution in [0.5, 0.6) is 0 Å². The molecule has 0 spiro atoms. The molecular formula is C8H5BrF4S. The monoisotopic (exact) mass is 288 g/mol. The molecule has 14 heavy (non-hydrogen) atoms. The molecule has 0 atom stereocenters. The molecule has 0 radical (unpaired) electrons. The highest BCUT2D eigenvalue weighted by atomic mass is 79.9. The summed E-state index contributed by atoms with van der Waals surface area (Å²) in [7, 11) is 0. The van der Waals surface area contributed by atoms with E-state index in [1.165, 1.54) is 6.07 Å². The van der Waals surface area contributed by atoms with E-state index >= 15 is 0 Å². The van der Waals surface area contributed by atoms with Crippen molar-refractivity contribution in [1.29, 1.82) is 0 Å². The maximum Gasteiger partial charge on any atom is 0.419 e. The van der Waals surface area contributed by atoms with E-state index in [0.29, 0.717) is 4.90 Å². The minimum atomic E-state index is -4.65. The molecule has 0 unspecified atom stereocenters. The highest BCUT2D eigenvalue weighted by Crippen LogP contribution is 2.36. The quantitative estimate of drug-likeness (QED) is 0.548. The van der Waals surface area contributed by atoms with Gasteiger partial charge in [0.05, 0.1) is 10.0 Å². The van der Waals surface area contributed by atoms with Crippen LogP contribution in [0, 0.1) is 5.82 Å². The number of halogens is 5. The van der Waals surface area contributed by atoms with Gasteiger partial charge in [-0.15, -0.1) is 11.8 Å². The molecule has 0 nitrogen and oxygen atoms in total. The number of thioether (sulfide) groups is 1. The largest absolute Gasteiger partial charge is 0.419 e. The Kier molecular flexibility index (Phi) is 3.47. The van der Waals surface area contributed by atoms with Gasteiger partial charge in [0.15, 0.2) is 0 Å². The fourth-order valence-corrected chi connectivity index (χ4v) is 1.97. The molecule has 0 N–H and O–H groups in total. The Labute approximate surface area is 90.8 Å². The third-order valence-corrected chi connectivity index (χ3v) is 2.83. The van der Waals surface area contributed by atoms with Crippen LogP contribution in [0.4, 0.5) is 17.6 Å². The van der Waals surface area contributed by atoms with Crippen molar-refractivity contribution in [2.45, 2.75) is 11.1 Å². The van der Waals surface area contributed by atoms with Gasteiger partial charge in [-0.1, -0.05) is 0 Å². The first kappa shape index (κ1) is 11.8. The minimum Gasteiger partial charge on any atom is -0.205 e. The van der Waals surface area contributed by atoms with Gasteiger partial charge in [-0.3, -0.25) is 0 Å². The third kappa shape index (κ3) is 2.42. The average Bonchev–Trinajstić information content (AvgIpc) is 2.07. The maximum atomic E-state index is 13.0. The first-order chi connectivity index (χ1) is 6.36. The summed E-state index contributed by atoms with van der Waals surface area (Å²) in [6, 6.07) is 2.11. The standard InChI is InChI=1S/C8H5BrF4S/c1-14-4-2-5(8(11,12)13)7(10)6(9)3-4/h2-3H,1H3. The summed E-state index contributed by atoms with van der Waals surface area (Å²) in [6.07, 6.45) is -3.03. The molecule has 0 bridgehead atoms. The normalized spacial score (nSPS) is 11.9. The second-order valence-electron chi connectivity index (χ2n) is 2.47. The fourth-order valence-electron chi connectivity index (χ4n) is 0.888. The SMILES string of the molecule is CSc1cc(Br)c(F)c(C(F)(F)F)c1. The summed E-state index contributed by atoms with van der Waals surface area (Å²) in [5.74, 6) is -1.27. The van der Waals surface area contributed by atoms with Crippen LogP contribution >= 0.6 is 27.7 Å². The van der Waals surface area contributed by atoms with E-state index in [0.717, 1.165) is 17.8 Å². The summed E-state index contributed by atoms with van der Waals surface area (Å²) in [5.41, 5.74) is -1.24. The smallest absolute Gasteiger partial charge is 0.205 e.